The van der Waals surface area contributed by atoms with Gasteiger partial charge < -0.3 is 10.4 Å². The second-order valence-corrected chi connectivity index (χ2v) is 4.88. The van der Waals surface area contributed by atoms with Crippen molar-refractivity contribution in [3.63, 3.8) is 0 Å². The molecule has 0 aliphatic rings. The Morgan fingerprint density at radius 2 is 1.95 bits per heavy atom. The standard InChI is InChI=1S/C16H22N2O3/c1-3-6-12(7-4-2)16(21)18-14-9-5-8-13(17-14)10-11-15(19)20/h5,8-12H,3-4,6-7H2,1-2H3,(H,19,20)(H,17,18,21)/b11-10+. The van der Waals surface area contributed by atoms with Crippen LogP contribution in [0.2, 0.25) is 0 Å². The molecule has 0 radical (unpaired) electrons. The Morgan fingerprint density at radius 1 is 1.29 bits per heavy atom. The van der Waals surface area contributed by atoms with Crippen LogP contribution < -0.4 is 5.32 Å². The fourth-order valence-corrected chi connectivity index (χ4v) is 2.10. The zero-order valence-electron chi connectivity index (χ0n) is 12.5. The first kappa shape index (κ1) is 16.9. The minimum Gasteiger partial charge on any atom is -0.478 e. The maximum Gasteiger partial charge on any atom is 0.328 e. The van der Waals surface area contributed by atoms with Crippen molar-refractivity contribution in [3.05, 3.63) is 30.0 Å². The van der Waals surface area contributed by atoms with E-state index in [0.717, 1.165) is 31.8 Å². The quantitative estimate of drug-likeness (QED) is 0.720. The number of nitrogens with zero attached hydrogens (tertiary/aromatic N) is 1. The van der Waals surface area contributed by atoms with E-state index in [9.17, 15) is 9.59 Å². The Bertz CT molecular complexity index is 506. The van der Waals surface area contributed by atoms with E-state index in [1.165, 1.54) is 6.08 Å². The number of pyridine rings is 1. The normalized spacial score (nSPS) is 11.0. The molecule has 1 aromatic heterocycles. The van der Waals surface area contributed by atoms with Gasteiger partial charge in [-0.3, -0.25) is 4.79 Å². The SMILES string of the molecule is CCCC(CCC)C(=O)Nc1cccc(/C=C/C(=O)O)n1. The number of amides is 1. The lowest BCUT2D eigenvalue weighted by Gasteiger charge is -2.14. The molecule has 0 atom stereocenters. The summed E-state index contributed by atoms with van der Waals surface area (Å²) in [7, 11) is 0. The van der Waals surface area contributed by atoms with Crippen LogP contribution in [-0.2, 0) is 9.59 Å². The summed E-state index contributed by atoms with van der Waals surface area (Å²) in [4.78, 5) is 26.9. The maximum atomic E-state index is 12.2. The third-order valence-electron chi connectivity index (χ3n) is 3.06. The minimum absolute atomic E-state index is 0.0000165. The third-order valence-corrected chi connectivity index (χ3v) is 3.06. The highest BCUT2D eigenvalue weighted by Crippen LogP contribution is 2.16. The molecule has 114 valence electrons. The predicted octanol–water partition coefficient (Wildman–Crippen LogP) is 3.33. The van der Waals surface area contributed by atoms with Gasteiger partial charge in [0.15, 0.2) is 0 Å². The second-order valence-electron chi connectivity index (χ2n) is 4.88. The lowest BCUT2D eigenvalue weighted by atomic mass is 9.97. The van der Waals surface area contributed by atoms with E-state index >= 15 is 0 Å². The van der Waals surface area contributed by atoms with Gasteiger partial charge in [-0.2, -0.15) is 0 Å². The first-order valence-corrected chi connectivity index (χ1v) is 7.25. The molecule has 0 aromatic carbocycles. The van der Waals surface area contributed by atoms with Crippen LogP contribution in [0.25, 0.3) is 6.08 Å². The molecule has 1 rings (SSSR count). The molecule has 5 heteroatoms. The first-order valence-electron chi connectivity index (χ1n) is 7.25. The average Bonchev–Trinajstić information content (AvgIpc) is 2.45. The summed E-state index contributed by atoms with van der Waals surface area (Å²) >= 11 is 0. The summed E-state index contributed by atoms with van der Waals surface area (Å²) in [6, 6.07) is 5.12. The van der Waals surface area contributed by atoms with Gasteiger partial charge in [-0.05, 0) is 31.1 Å². The van der Waals surface area contributed by atoms with Gasteiger partial charge in [0, 0.05) is 12.0 Å². The van der Waals surface area contributed by atoms with Gasteiger partial charge in [0.1, 0.15) is 5.82 Å². The van der Waals surface area contributed by atoms with Gasteiger partial charge in [-0.25, -0.2) is 9.78 Å². The molecule has 0 fully saturated rings. The third kappa shape index (κ3) is 6.21. The van der Waals surface area contributed by atoms with Crippen LogP contribution in [0.15, 0.2) is 24.3 Å². The van der Waals surface area contributed by atoms with Crippen molar-refractivity contribution >= 4 is 23.8 Å². The molecule has 0 aliphatic heterocycles. The largest absolute Gasteiger partial charge is 0.478 e. The van der Waals surface area contributed by atoms with Crippen LogP contribution in [0.3, 0.4) is 0 Å². The Kier molecular flexibility index (Phi) is 7.15. The van der Waals surface area contributed by atoms with Gasteiger partial charge in [-0.15, -0.1) is 0 Å². The van der Waals surface area contributed by atoms with Crippen LogP contribution in [0.4, 0.5) is 5.82 Å². The van der Waals surface area contributed by atoms with E-state index < -0.39 is 5.97 Å². The Labute approximate surface area is 125 Å². The predicted molar refractivity (Wildman–Crippen MR) is 82.8 cm³/mol. The van der Waals surface area contributed by atoms with Gasteiger partial charge in [0.25, 0.3) is 0 Å². The summed E-state index contributed by atoms with van der Waals surface area (Å²) in [5.41, 5.74) is 0.498. The summed E-state index contributed by atoms with van der Waals surface area (Å²) < 4.78 is 0. The average molecular weight is 290 g/mol. The summed E-state index contributed by atoms with van der Waals surface area (Å²) in [5.74, 6) is -0.604. The maximum absolute atomic E-state index is 12.2. The number of hydrogen-bond acceptors (Lipinski definition) is 3. The number of rotatable bonds is 8. The van der Waals surface area contributed by atoms with Crippen molar-refractivity contribution in [1.29, 1.82) is 0 Å². The van der Waals surface area contributed by atoms with Crippen LogP contribution in [-0.4, -0.2) is 22.0 Å². The van der Waals surface area contributed by atoms with Crippen molar-refractivity contribution in [2.75, 3.05) is 5.32 Å². The molecule has 0 saturated carbocycles. The van der Waals surface area contributed by atoms with E-state index in [0.29, 0.717) is 11.5 Å². The van der Waals surface area contributed by atoms with Crippen LogP contribution in [0.1, 0.15) is 45.2 Å². The molecule has 1 amide bonds. The van der Waals surface area contributed by atoms with Gasteiger partial charge in [-0.1, -0.05) is 32.8 Å². The number of carboxylic acids is 1. The Morgan fingerprint density at radius 3 is 2.52 bits per heavy atom. The molecule has 2 N–H and O–H groups in total. The molecular weight excluding hydrogens is 268 g/mol. The van der Waals surface area contributed by atoms with E-state index in [1.54, 1.807) is 18.2 Å². The Balaban J connectivity index is 2.75. The van der Waals surface area contributed by atoms with E-state index in [2.05, 4.69) is 24.1 Å². The van der Waals surface area contributed by atoms with Gasteiger partial charge >= 0.3 is 5.97 Å². The minimum atomic E-state index is -1.03. The summed E-state index contributed by atoms with van der Waals surface area (Å²) in [6.07, 6.45) is 6.06. The monoisotopic (exact) mass is 290 g/mol. The zero-order valence-corrected chi connectivity index (χ0v) is 12.5. The molecule has 5 nitrogen and oxygen atoms in total. The molecule has 21 heavy (non-hydrogen) atoms. The number of nitrogens with one attached hydrogen (secondary N) is 1. The number of hydrogen-bond donors (Lipinski definition) is 2. The molecule has 0 spiro atoms. The van der Waals surface area contributed by atoms with Crippen LogP contribution >= 0.6 is 0 Å². The van der Waals surface area contributed by atoms with E-state index in [4.69, 9.17) is 5.11 Å². The lowest BCUT2D eigenvalue weighted by Crippen LogP contribution is -2.23. The van der Waals surface area contributed by atoms with Crippen LogP contribution in [0, 0.1) is 5.92 Å². The lowest BCUT2D eigenvalue weighted by molar-refractivity contribution is -0.131. The number of carbonyl (C=O) groups excluding carboxylic acids is 1. The number of aliphatic carboxylic acids is 1. The fourth-order valence-electron chi connectivity index (χ4n) is 2.10. The highest BCUT2D eigenvalue weighted by atomic mass is 16.4. The van der Waals surface area contributed by atoms with E-state index in [-0.39, 0.29) is 11.8 Å². The summed E-state index contributed by atoms with van der Waals surface area (Å²) in [5, 5.41) is 11.4. The molecule has 0 unspecified atom stereocenters. The number of carboxylic acid groups (broad SMARTS) is 1. The number of aromatic nitrogens is 1. The highest BCUT2D eigenvalue weighted by Gasteiger charge is 2.16. The topological polar surface area (TPSA) is 79.3 Å². The smallest absolute Gasteiger partial charge is 0.328 e. The highest BCUT2D eigenvalue weighted by molar-refractivity contribution is 5.91. The van der Waals surface area contributed by atoms with Gasteiger partial charge in [0.2, 0.25) is 5.91 Å². The fraction of sp³-hybridized carbons (Fsp3) is 0.438. The van der Waals surface area contributed by atoms with Crippen molar-refractivity contribution in [2.24, 2.45) is 5.92 Å². The van der Waals surface area contributed by atoms with Crippen molar-refractivity contribution in [1.82, 2.24) is 4.98 Å². The molecule has 1 aromatic rings. The summed E-state index contributed by atoms with van der Waals surface area (Å²) in [6.45, 7) is 4.12. The zero-order chi connectivity index (χ0) is 15.7. The van der Waals surface area contributed by atoms with Crippen molar-refractivity contribution in [3.8, 4) is 0 Å². The molecule has 0 bridgehead atoms. The second kappa shape index (κ2) is 8.89. The molecule has 1 heterocycles. The van der Waals surface area contributed by atoms with Crippen LogP contribution in [0.5, 0.6) is 0 Å². The van der Waals surface area contributed by atoms with Crippen molar-refractivity contribution in [2.45, 2.75) is 39.5 Å². The van der Waals surface area contributed by atoms with Crippen molar-refractivity contribution < 1.29 is 14.7 Å². The molecule has 0 aliphatic carbocycles. The van der Waals surface area contributed by atoms with E-state index in [1.807, 2.05) is 0 Å². The number of carbonyl (C=O) groups is 2. The Hall–Kier alpha value is -2.17. The molecule has 0 saturated heterocycles. The first-order chi connectivity index (χ1) is 10.1. The number of anilines is 1. The molecular formula is C16H22N2O3. The van der Waals surface area contributed by atoms with Gasteiger partial charge in [0.05, 0.1) is 5.69 Å².